The van der Waals surface area contributed by atoms with Crippen molar-refractivity contribution in [1.29, 1.82) is 0 Å². The Morgan fingerprint density at radius 1 is 1.16 bits per heavy atom. The Balaban J connectivity index is 1.52. The van der Waals surface area contributed by atoms with Gasteiger partial charge in [0.15, 0.2) is 5.16 Å². The second-order valence-electron chi connectivity index (χ2n) is 7.04. The molecule has 1 aromatic carbocycles. The maximum atomic E-state index is 12.5. The molecule has 0 spiro atoms. The van der Waals surface area contributed by atoms with E-state index in [1.807, 2.05) is 25.1 Å². The van der Waals surface area contributed by atoms with Gasteiger partial charge in [0.05, 0.1) is 5.25 Å². The third-order valence-electron chi connectivity index (χ3n) is 4.97. The van der Waals surface area contributed by atoms with Gasteiger partial charge in [0, 0.05) is 17.6 Å². The molecule has 2 fully saturated rings. The summed E-state index contributed by atoms with van der Waals surface area (Å²) in [6.45, 7) is 1.95. The van der Waals surface area contributed by atoms with E-state index in [9.17, 15) is 4.79 Å². The standard InChI is InChI=1S/C19H24N4OS/c1-13(18(24)20-15-7-5-6-8-15)25-19-22-21-17(14-11-12-14)23(19)16-9-3-2-4-10-16/h2-4,9-10,13-15H,5-8,11-12H2,1H3,(H,20,24)/t13-/m0/s1. The summed E-state index contributed by atoms with van der Waals surface area (Å²) in [5, 5.41) is 12.6. The van der Waals surface area contributed by atoms with Crippen molar-refractivity contribution in [2.45, 2.75) is 67.8 Å². The number of nitrogens with zero attached hydrogens (tertiary/aromatic N) is 3. The molecule has 132 valence electrons. The maximum Gasteiger partial charge on any atom is 0.233 e. The number of hydrogen-bond acceptors (Lipinski definition) is 4. The molecule has 6 heteroatoms. The lowest BCUT2D eigenvalue weighted by Crippen LogP contribution is -2.37. The molecule has 2 aromatic rings. The molecule has 0 bridgehead atoms. The van der Waals surface area contributed by atoms with Crippen LogP contribution >= 0.6 is 11.8 Å². The Kier molecular flexibility index (Phi) is 4.79. The van der Waals surface area contributed by atoms with E-state index in [0.29, 0.717) is 12.0 Å². The number of amides is 1. The molecule has 2 aliphatic carbocycles. The van der Waals surface area contributed by atoms with E-state index >= 15 is 0 Å². The predicted molar refractivity (Wildman–Crippen MR) is 99.1 cm³/mol. The van der Waals surface area contributed by atoms with E-state index in [1.54, 1.807) is 0 Å². The second kappa shape index (κ2) is 7.20. The molecule has 5 nitrogen and oxygen atoms in total. The summed E-state index contributed by atoms with van der Waals surface area (Å²) in [5.74, 6) is 1.63. The molecule has 2 aliphatic rings. The third-order valence-corrected chi connectivity index (χ3v) is 6.01. The summed E-state index contributed by atoms with van der Waals surface area (Å²) in [5.41, 5.74) is 1.07. The van der Waals surface area contributed by atoms with Crippen LogP contribution in [0.5, 0.6) is 0 Å². The van der Waals surface area contributed by atoms with Gasteiger partial charge in [-0.15, -0.1) is 10.2 Å². The van der Waals surface area contributed by atoms with Crippen molar-refractivity contribution in [2.24, 2.45) is 0 Å². The van der Waals surface area contributed by atoms with Crippen LogP contribution in [0.2, 0.25) is 0 Å². The average Bonchev–Trinajstić information content (AvgIpc) is 3.18. The van der Waals surface area contributed by atoms with Crippen molar-refractivity contribution in [3.8, 4) is 5.69 Å². The fraction of sp³-hybridized carbons (Fsp3) is 0.526. The molecule has 25 heavy (non-hydrogen) atoms. The zero-order valence-corrected chi connectivity index (χ0v) is 15.3. The first-order valence-corrected chi connectivity index (χ1v) is 10.1. The maximum absolute atomic E-state index is 12.5. The smallest absolute Gasteiger partial charge is 0.233 e. The first-order chi connectivity index (χ1) is 12.2. The SMILES string of the molecule is C[C@H](Sc1nnc(C2CC2)n1-c1ccccc1)C(=O)NC1CCCC1. The van der Waals surface area contributed by atoms with Crippen molar-refractivity contribution >= 4 is 17.7 Å². The van der Waals surface area contributed by atoms with Gasteiger partial charge in [-0.05, 0) is 44.7 Å². The summed E-state index contributed by atoms with van der Waals surface area (Å²) in [6.07, 6.45) is 7.00. The summed E-state index contributed by atoms with van der Waals surface area (Å²) in [6, 6.07) is 10.6. The highest BCUT2D eigenvalue weighted by atomic mass is 32.2. The summed E-state index contributed by atoms with van der Waals surface area (Å²) in [4.78, 5) is 12.5. The van der Waals surface area contributed by atoms with Crippen LogP contribution < -0.4 is 5.32 Å². The van der Waals surface area contributed by atoms with Crippen LogP contribution in [0.3, 0.4) is 0 Å². The number of benzene rings is 1. The number of rotatable bonds is 6. The minimum absolute atomic E-state index is 0.104. The molecule has 0 saturated heterocycles. The average molecular weight is 356 g/mol. The van der Waals surface area contributed by atoms with Crippen LogP contribution in [0.25, 0.3) is 5.69 Å². The van der Waals surface area contributed by atoms with Crippen LogP contribution in [-0.2, 0) is 4.79 Å². The first-order valence-electron chi connectivity index (χ1n) is 9.20. The van der Waals surface area contributed by atoms with Gasteiger partial charge in [-0.2, -0.15) is 0 Å². The second-order valence-corrected chi connectivity index (χ2v) is 8.34. The fourth-order valence-electron chi connectivity index (χ4n) is 3.38. The molecule has 1 N–H and O–H groups in total. The Hall–Kier alpha value is -1.82. The van der Waals surface area contributed by atoms with Crippen molar-refractivity contribution in [1.82, 2.24) is 20.1 Å². The predicted octanol–water partition coefficient (Wildman–Crippen LogP) is 3.68. The van der Waals surface area contributed by atoms with E-state index in [4.69, 9.17) is 0 Å². The lowest BCUT2D eigenvalue weighted by Gasteiger charge is -2.16. The number of carbonyl (C=O) groups excluding carboxylic acids is 1. The molecule has 1 amide bonds. The molecule has 1 atom stereocenters. The van der Waals surface area contributed by atoms with Gasteiger partial charge in [0.1, 0.15) is 5.82 Å². The van der Waals surface area contributed by atoms with E-state index in [2.05, 4.69) is 32.2 Å². The summed E-state index contributed by atoms with van der Waals surface area (Å²) in [7, 11) is 0. The Bertz CT molecular complexity index is 735. The molecule has 0 radical (unpaired) electrons. The van der Waals surface area contributed by atoms with Gasteiger partial charge in [-0.1, -0.05) is 42.8 Å². The van der Waals surface area contributed by atoms with Gasteiger partial charge in [0.25, 0.3) is 0 Å². The molecule has 2 saturated carbocycles. The number of thioether (sulfide) groups is 1. The topological polar surface area (TPSA) is 59.8 Å². The summed E-state index contributed by atoms with van der Waals surface area (Å²) < 4.78 is 2.13. The van der Waals surface area contributed by atoms with Gasteiger partial charge in [0.2, 0.25) is 5.91 Å². The number of hydrogen-bond donors (Lipinski definition) is 1. The van der Waals surface area contributed by atoms with Crippen molar-refractivity contribution < 1.29 is 4.79 Å². The van der Waals surface area contributed by atoms with Gasteiger partial charge in [-0.3, -0.25) is 9.36 Å². The molecule has 1 heterocycles. The minimum atomic E-state index is -0.181. The van der Waals surface area contributed by atoms with E-state index < -0.39 is 0 Å². The van der Waals surface area contributed by atoms with Gasteiger partial charge in [-0.25, -0.2) is 0 Å². The number of nitrogens with one attached hydrogen (secondary N) is 1. The number of aromatic nitrogens is 3. The largest absolute Gasteiger partial charge is 0.352 e. The first kappa shape index (κ1) is 16.6. The van der Waals surface area contributed by atoms with Gasteiger partial charge < -0.3 is 5.32 Å². The normalized spacial score (nSPS) is 19.1. The van der Waals surface area contributed by atoms with Crippen molar-refractivity contribution in [3.05, 3.63) is 36.2 Å². The molecular weight excluding hydrogens is 332 g/mol. The lowest BCUT2D eigenvalue weighted by molar-refractivity contribution is -0.120. The summed E-state index contributed by atoms with van der Waals surface area (Å²) >= 11 is 1.50. The monoisotopic (exact) mass is 356 g/mol. The molecular formula is C19H24N4OS. The van der Waals surface area contributed by atoms with Crippen LogP contribution in [0.1, 0.15) is 57.2 Å². The molecule has 0 unspecified atom stereocenters. The lowest BCUT2D eigenvalue weighted by atomic mass is 10.2. The quantitative estimate of drug-likeness (QED) is 0.802. The number of carbonyl (C=O) groups is 1. The Morgan fingerprint density at radius 3 is 2.56 bits per heavy atom. The van der Waals surface area contributed by atoms with Crippen LogP contribution in [0, 0.1) is 0 Å². The molecule has 0 aliphatic heterocycles. The Labute approximate surface area is 152 Å². The van der Waals surface area contributed by atoms with Crippen molar-refractivity contribution in [3.63, 3.8) is 0 Å². The highest BCUT2D eigenvalue weighted by Crippen LogP contribution is 2.41. The highest BCUT2D eigenvalue weighted by Gasteiger charge is 2.32. The van der Waals surface area contributed by atoms with E-state index in [1.165, 1.54) is 37.4 Å². The van der Waals surface area contributed by atoms with Gasteiger partial charge >= 0.3 is 0 Å². The van der Waals surface area contributed by atoms with E-state index in [-0.39, 0.29) is 11.2 Å². The van der Waals surface area contributed by atoms with Crippen molar-refractivity contribution in [2.75, 3.05) is 0 Å². The Morgan fingerprint density at radius 2 is 1.88 bits per heavy atom. The van der Waals surface area contributed by atoms with Crippen LogP contribution in [-0.4, -0.2) is 32.0 Å². The molecule has 1 aromatic heterocycles. The molecule has 4 rings (SSSR count). The fourth-order valence-corrected chi connectivity index (χ4v) is 4.27. The number of para-hydroxylation sites is 1. The highest BCUT2D eigenvalue weighted by molar-refractivity contribution is 8.00. The zero-order chi connectivity index (χ0) is 17.2. The van der Waals surface area contributed by atoms with Crippen LogP contribution in [0.15, 0.2) is 35.5 Å². The van der Waals surface area contributed by atoms with Crippen LogP contribution in [0.4, 0.5) is 0 Å². The van der Waals surface area contributed by atoms with E-state index in [0.717, 1.165) is 29.5 Å². The third kappa shape index (κ3) is 3.73. The minimum Gasteiger partial charge on any atom is -0.352 e. The zero-order valence-electron chi connectivity index (χ0n) is 14.5.